The minimum Gasteiger partial charge on any atom is -0.353 e. The number of aromatic nitrogens is 3. The molecule has 1 atom stereocenters. The summed E-state index contributed by atoms with van der Waals surface area (Å²) in [6.07, 6.45) is 3.54. The van der Waals surface area contributed by atoms with E-state index in [2.05, 4.69) is 5.10 Å². The average Bonchev–Trinajstić information content (AvgIpc) is 3.36. The number of likely N-dealkylation sites (tertiary alicyclic amines) is 1. The van der Waals surface area contributed by atoms with Gasteiger partial charge in [0.15, 0.2) is 5.69 Å². The van der Waals surface area contributed by atoms with Crippen LogP contribution in [0.25, 0.3) is 5.69 Å². The van der Waals surface area contributed by atoms with Crippen molar-refractivity contribution in [3.05, 3.63) is 86.1 Å². The number of hydrogen-bond donors (Lipinski definition) is 0. The first-order valence-electron chi connectivity index (χ1n) is 9.65. The highest BCUT2D eigenvalue weighted by molar-refractivity contribution is 5.92. The normalized spacial score (nSPS) is 16.1. The third-order valence-corrected chi connectivity index (χ3v) is 5.46. The Bertz CT molecular complexity index is 1200. The molecule has 0 bridgehead atoms. The van der Waals surface area contributed by atoms with E-state index in [1.54, 1.807) is 30.0 Å². The van der Waals surface area contributed by atoms with Gasteiger partial charge in [0.2, 0.25) is 5.43 Å². The Morgan fingerprint density at radius 1 is 1.23 bits per heavy atom. The minimum absolute atomic E-state index is 0.139. The monoisotopic (exact) mass is 407 g/mol. The van der Waals surface area contributed by atoms with Gasteiger partial charge >= 0.3 is 0 Å². The molecule has 30 heavy (non-hydrogen) atoms. The van der Waals surface area contributed by atoms with Crippen molar-refractivity contribution in [2.45, 2.75) is 25.8 Å². The highest BCUT2D eigenvalue weighted by atomic mass is 16.6. The molecular weight excluding hydrogens is 386 g/mol. The van der Waals surface area contributed by atoms with E-state index >= 15 is 0 Å². The van der Waals surface area contributed by atoms with Crippen molar-refractivity contribution in [3.8, 4) is 5.69 Å². The van der Waals surface area contributed by atoms with Crippen LogP contribution in [0.2, 0.25) is 0 Å². The number of amides is 1. The van der Waals surface area contributed by atoms with Crippen LogP contribution in [0.15, 0.2) is 53.5 Å². The number of rotatable bonds is 4. The zero-order chi connectivity index (χ0) is 21.4. The number of nitrogens with zero attached hydrogens (tertiary/aromatic N) is 5. The summed E-state index contributed by atoms with van der Waals surface area (Å²) >= 11 is 0. The lowest BCUT2D eigenvalue weighted by molar-refractivity contribution is -0.384. The van der Waals surface area contributed by atoms with E-state index in [1.807, 2.05) is 29.9 Å². The number of hydrogen-bond acceptors (Lipinski definition) is 5. The van der Waals surface area contributed by atoms with E-state index in [4.69, 9.17) is 0 Å². The summed E-state index contributed by atoms with van der Waals surface area (Å²) in [6, 6.07) is 11.1. The second kappa shape index (κ2) is 7.58. The molecule has 0 spiro atoms. The maximum absolute atomic E-state index is 13.3. The first kappa shape index (κ1) is 19.6. The molecule has 9 nitrogen and oxygen atoms in total. The standard InChI is InChI=1S/C21H21N5O4/c1-14-13-19(27)20(22-25(14)17-7-3-4-8-18(17)26(29)30)21(28)24-12-6-10-16(24)15-9-5-11-23(15)2/h3-5,7-9,11,13,16H,6,10,12H2,1-2H3. The molecule has 0 N–H and O–H groups in total. The van der Waals surface area contributed by atoms with Gasteiger partial charge in [-0.25, -0.2) is 4.68 Å². The molecule has 1 saturated heterocycles. The number of carbonyl (C=O) groups is 1. The quantitative estimate of drug-likeness (QED) is 0.489. The Kier molecular flexibility index (Phi) is 4.94. The van der Waals surface area contributed by atoms with Crippen LogP contribution in [-0.4, -0.2) is 36.6 Å². The Morgan fingerprint density at radius 3 is 2.70 bits per heavy atom. The smallest absolute Gasteiger partial charge is 0.294 e. The lowest BCUT2D eigenvalue weighted by Gasteiger charge is -2.25. The van der Waals surface area contributed by atoms with Crippen LogP contribution >= 0.6 is 0 Å². The first-order valence-corrected chi connectivity index (χ1v) is 9.65. The van der Waals surface area contributed by atoms with Gasteiger partial charge in [-0.1, -0.05) is 12.1 Å². The first-order chi connectivity index (χ1) is 14.4. The van der Waals surface area contributed by atoms with E-state index in [0.29, 0.717) is 12.2 Å². The third kappa shape index (κ3) is 3.28. The molecule has 1 aliphatic heterocycles. The van der Waals surface area contributed by atoms with Gasteiger partial charge in [0, 0.05) is 43.3 Å². The number of nitro benzene ring substituents is 1. The molecule has 3 aromatic rings. The summed E-state index contributed by atoms with van der Waals surface area (Å²) < 4.78 is 3.25. The molecule has 154 valence electrons. The van der Waals surface area contributed by atoms with Gasteiger partial charge in [-0.2, -0.15) is 5.10 Å². The Balaban J connectivity index is 1.78. The lowest BCUT2D eigenvalue weighted by atomic mass is 10.1. The van der Waals surface area contributed by atoms with Gasteiger partial charge in [0.25, 0.3) is 11.6 Å². The molecule has 0 aliphatic carbocycles. The number of aryl methyl sites for hydroxylation is 2. The summed E-state index contributed by atoms with van der Waals surface area (Å²) in [4.78, 5) is 38.5. The Labute approximate surface area is 172 Å². The van der Waals surface area contributed by atoms with Crippen molar-refractivity contribution in [1.29, 1.82) is 0 Å². The Hall–Kier alpha value is -3.75. The van der Waals surface area contributed by atoms with Gasteiger partial charge in [0.1, 0.15) is 5.69 Å². The van der Waals surface area contributed by atoms with E-state index in [1.165, 1.54) is 16.8 Å². The topological polar surface area (TPSA) is 103 Å². The van der Waals surface area contributed by atoms with Crippen LogP contribution in [-0.2, 0) is 7.05 Å². The SMILES string of the molecule is Cc1cc(=O)c(C(=O)N2CCCC2c2cccn2C)nn1-c1ccccc1[N+](=O)[O-]. The summed E-state index contributed by atoms with van der Waals surface area (Å²) in [5.74, 6) is -0.462. The van der Waals surface area contributed by atoms with Crippen LogP contribution in [0.4, 0.5) is 5.69 Å². The molecule has 1 aliphatic rings. The van der Waals surface area contributed by atoms with E-state index in [0.717, 1.165) is 18.5 Å². The maximum atomic E-state index is 13.3. The highest BCUT2D eigenvalue weighted by Gasteiger charge is 2.34. The van der Waals surface area contributed by atoms with Crippen molar-refractivity contribution < 1.29 is 9.72 Å². The second-order valence-electron chi connectivity index (χ2n) is 7.36. The van der Waals surface area contributed by atoms with Crippen LogP contribution in [0.1, 0.15) is 40.8 Å². The van der Waals surface area contributed by atoms with E-state index in [-0.39, 0.29) is 23.1 Å². The zero-order valence-corrected chi connectivity index (χ0v) is 16.7. The molecule has 0 radical (unpaired) electrons. The average molecular weight is 407 g/mol. The Morgan fingerprint density at radius 2 is 2.00 bits per heavy atom. The van der Waals surface area contributed by atoms with Crippen molar-refractivity contribution >= 4 is 11.6 Å². The molecular formula is C21H21N5O4. The number of carbonyl (C=O) groups excluding carboxylic acids is 1. The summed E-state index contributed by atoms with van der Waals surface area (Å²) in [6.45, 7) is 2.15. The molecule has 1 fully saturated rings. The fraction of sp³-hybridized carbons (Fsp3) is 0.286. The molecule has 1 aromatic carbocycles. The maximum Gasteiger partial charge on any atom is 0.294 e. The van der Waals surface area contributed by atoms with Crippen LogP contribution < -0.4 is 5.43 Å². The van der Waals surface area contributed by atoms with Gasteiger partial charge in [-0.15, -0.1) is 0 Å². The van der Waals surface area contributed by atoms with Crippen LogP contribution in [0, 0.1) is 17.0 Å². The van der Waals surface area contributed by atoms with Gasteiger partial charge in [-0.3, -0.25) is 19.7 Å². The fourth-order valence-corrected chi connectivity index (χ4v) is 4.01. The van der Waals surface area contributed by atoms with Crippen LogP contribution in [0.3, 0.4) is 0 Å². The zero-order valence-electron chi connectivity index (χ0n) is 16.7. The molecule has 0 saturated carbocycles. The molecule has 9 heteroatoms. The van der Waals surface area contributed by atoms with Crippen molar-refractivity contribution in [3.63, 3.8) is 0 Å². The molecule has 1 unspecified atom stereocenters. The van der Waals surface area contributed by atoms with Crippen LogP contribution in [0.5, 0.6) is 0 Å². The summed E-state index contributed by atoms with van der Waals surface area (Å²) in [5.41, 5.74) is 0.718. The summed E-state index contributed by atoms with van der Waals surface area (Å²) in [5, 5.41) is 15.7. The van der Waals surface area contributed by atoms with Gasteiger partial charge in [0.05, 0.1) is 11.0 Å². The van der Waals surface area contributed by atoms with Crippen molar-refractivity contribution in [1.82, 2.24) is 19.2 Å². The van der Waals surface area contributed by atoms with Crippen molar-refractivity contribution in [2.24, 2.45) is 7.05 Å². The fourth-order valence-electron chi connectivity index (χ4n) is 4.01. The number of para-hydroxylation sites is 2. The predicted molar refractivity (Wildman–Crippen MR) is 110 cm³/mol. The highest BCUT2D eigenvalue weighted by Crippen LogP contribution is 2.32. The molecule has 4 rings (SSSR count). The van der Waals surface area contributed by atoms with E-state index < -0.39 is 16.3 Å². The molecule has 1 amide bonds. The minimum atomic E-state index is -0.512. The van der Waals surface area contributed by atoms with Gasteiger partial charge < -0.3 is 9.47 Å². The third-order valence-electron chi connectivity index (χ3n) is 5.46. The largest absolute Gasteiger partial charge is 0.353 e. The van der Waals surface area contributed by atoms with Crippen molar-refractivity contribution in [2.75, 3.05) is 6.54 Å². The van der Waals surface area contributed by atoms with E-state index in [9.17, 15) is 19.7 Å². The molecule has 2 aromatic heterocycles. The molecule has 3 heterocycles. The predicted octanol–water partition coefficient (Wildman–Crippen LogP) is 2.76. The second-order valence-corrected chi connectivity index (χ2v) is 7.36. The number of benzene rings is 1. The lowest BCUT2D eigenvalue weighted by Crippen LogP contribution is -2.36. The summed E-state index contributed by atoms with van der Waals surface area (Å²) in [7, 11) is 1.92. The van der Waals surface area contributed by atoms with Gasteiger partial charge in [-0.05, 0) is 38.0 Å². The number of nitro groups is 1.